The number of aryl methyl sites for hydroxylation is 1. The van der Waals surface area contributed by atoms with Crippen LogP contribution in [-0.2, 0) is 6.42 Å². The summed E-state index contributed by atoms with van der Waals surface area (Å²) in [6.45, 7) is 5.74. The Bertz CT molecular complexity index is 797. The lowest BCUT2D eigenvalue weighted by Gasteiger charge is -2.24. The van der Waals surface area contributed by atoms with Crippen molar-refractivity contribution in [3.8, 4) is 0 Å². The minimum atomic E-state index is 0.505. The molecule has 3 nitrogen and oxygen atoms in total. The Morgan fingerprint density at radius 2 is 1.96 bits per heavy atom. The largest absolute Gasteiger partial charge is 0.313 e. The lowest BCUT2D eigenvalue weighted by molar-refractivity contribution is 0.255. The van der Waals surface area contributed by atoms with Crippen LogP contribution in [0.2, 0.25) is 0 Å². The highest BCUT2D eigenvalue weighted by atomic mass is 32.1. The van der Waals surface area contributed by atoms with Crippen molar-refractivity contribution >= 4 is 21.6 Å². The van der Waals surface area contributed by atoms with Gasteiger partial charge in [-0.05, 0) is 44.0 Å². The first-order chi connectivity index (χ1) is 12.8. The van der Waals surface area contributed by atoms with Crippen LogP contribution in [0, 0.1) is 0 Å². The van der Waals surface area contributed by atoms with Crippen LogP contribution in [0.1, 0.15) is 36.4 Å². The molecule has 4 rings (SSSR count). The standard InChI is InChI=1S/C22H27N3S/c1-17(18-8-3-2-4-9-18)25-15-13-19(16-25)23-14-7-12-22-24-20-10-5-6-11-21(20)26-22/h2-6,8-11,17,19,23H,7,12-16H2,1H3. The van der Waals surface area contributed by atoms with E-state index in [-0.39, 0.29) is 0 Å². The minimum absolute atomic E-state index is 0.505. The lowest BCUT2D eigenvalue weighted by Crippen LogP contribution is -2.34. The van der Waals surface area contributed by atoms with Crippen molar-refractivity contribution in [1.82, 2.24) is 15.2 Å². The van der Waals surface area contributed by atoms with Gasteiger partial charge in [0.2, 0.25) is 0 Å². The fraction of sp³-hybridized carbons (Fsp3) is 0.409. The van der Waals surface area contributed by atoms with Gasteiger partial charge in [0, 0.05) is 31.6 Å². The number of nitrogens with zero attached hydrogens (tertiary/aromatic N) is 2. The first-order valence-corrected chi connectivity index (χ1v) is 10.5. The van der Waals surface area contributed by atoms with E-state index in [0.29, 0.717) is 12.1 Å². The number of fused-ring (bicyclic) bond motifs is 1. The number of benzene rings is 2. The summed E-state index contributed by atoms with van der Waals surface area (Å²) in [6.07, 6.45) is 3.48. The van der Waals surface area contributed by atoms with Crippen LogP contribution in [0.5, 0.6) is 0 Å². The monoisotopic (exact) mass is 365 g/mol. The second-order valence-electron chi connectivity index (χ2n) is 7.20. The molecule has 2 heterocycles. The zero-order valence-electron chi connectivity index (χ0n) is 15.4. The first-order valence-electron chi connectivity index (χ1n) is 9.66. The third kappa shape index (κ3) is 4.14. The van der Waals surface area contributed by atoms with Crippen LogP contribution in [0.25, 0.3) is 10.2 Å². The number of aromatic nitrogens is 1. The zero-order chi connectivity index (χ0) is 17.8. The summed E-state index contributed by atoms with van der Waals surface area (Å²) < 4.78 is 1.30. The average molecular weight is 366 g/mol. The molecule has 0 amide bonds. The molecule has 0 aliphatic carbocycles. The van der Waals surface area contributed by atoms with Crippen molar-refractivity contribution < 1.29 is 0 Å². The molecule has 26 heavy (non-hydrogen) atoms. The third-order valence-electron chi connectivity index (χ3n) is 5.39. The third-order valence-corrected chi connectivity index (χ3v) is 6.48. The average Bonchev–Trinajstić information content (AvgIpc) is 3.32. The number of rotatable bonds is 7. The molecule has 1 aliphatic heterocycles. The van der Waals surface area contributed by atoms with Crippen molar-refractivity contribution in [2.75, 3.05) is 19.6 Å². The Balaban J connectivity index is 1.21. The highest BCUT2D eigenvalue weighted by molar-refractivity contribution is 7.18. The summed E-state index contributed by atoms with van der Waals surface area (Å²) in [4.78, 5) is 7.33. The van der Waals surface area contributed by atoms with Gasteiger partial charge in [0.15, 0.2) is 0 Å². The van der Waals surface area contributed by atoms with E-state index in [4.69, 9.17) is 4.98 Å². The highest BCUT2D eigenvalue weighted by Crippen LogP contribution is 2.25. The summed E-state index contributed by atoms with van der Waals surface area (Å²) in [5.41, 5.74) is 2.56. The molecule has 2 unspecified atom stereocenters. The SMILES string of the molecule is CC(c1ccccc1)N1CCC(NCCCc2nc3ccccc3s2)C1. The number of nitrogens with one attached hydrogen (secondary N) is 1. The highest BCUT2D eigenvalue weighted by Gasteiger charge is 2.26. The molecule has 0 saturated carbocycles. The molecule has 1 aromatic heterocycles. The van der Waals surface area contributed by atoms with Gasteiger partial charge in [0.05, 0.1) is 15.2 Å². The van der Waals surface area contributed by atoms with E-state index in [9.17, 15) is 0 Å². The van der Waals surface area contributed by atoms with E-state index in [2.05, 4.69) is 71.7 Å². The Kier molecular flexibility index (Phi) is 5.63. The summed E-state index contributed by atoms with van der Waals surface area (Å²) in [5, 5.41) is 5.02. The maximum absolute atomic E-state index is 4.73. The molecule has 0 spiro atoms. The van der Waals surface area contributed by atoms with Gasteiger partial charge in [0.1, 0.15) is 0 Å². The van der Waals surface area contributed by atoms with Gasteiger partial charge in [-0.1, -0.05) is 42.5 Å². The minimum Gasteiger partial charge on any atom is -0.313 e. The molecule has 1 saturated heterocycles. The summed E-state index contributed by atoms with van der Waals surface area (Å²) in [5.74, 6) is 0. The molecule has 1 N–H and O–H groups in total. The van der Waals surface area contributed by atoms with Gasteiger partial charge < -0.3 is 5.32 Å². The topological polar surface area (TPSA) is 28.2 Å². The quantitative estimate of drug-likeness (QED) is 0.618. The van der Waals surface area contributed by atoms with Crippen molar-refractivity contribution in [1.29, 1.82) is 0 Å². The Hall–Kier alpha value is -1.75. The lowest BCUT2D eigenvalue weighted by atomic mass is 10.1. The van der Waals surface area contributed by atoms with E-state index in [1.54, 1.807) is 0 Å². The molecule has 3 aromatic rings. The molecule has 1 aliphatic rings. The van der Waals surface area contributed by atoms with Gasteiger partial charge in [-0.3, -0.25) is 4.90 Å². The van der Waals surface area contributed by atoms with Crippen LogP contribution >= 0.6 is 11.3 Å². The molecule has 2 atom stereocenters. The van der Waals surface area contributed by atoms with E-state index >= 15 is 0 Å². The molecule has 4 heteroatoms. The van der Waals surface area contributed by atoms with Gasteiger partial charge in [0.25, 0.3) is 0 Å². The van der Waals surface area contributed by atoms with Gasteiger partial charge in [-0.25, -0.2) is 4.98 Å². The molecule has 0 radical (unpaired) electrons. The van der Waals surface area contributed by atoms with Gasteiger partial charge in [-0.15, -0.1) is 11.3 Å². The molecular weight excluding hydrogens is 338 g/mol. The van der Waals surface area contributed by atoms with Crippen LogP contribution in [0.3, 0.4) is 0 Å². The summed E-state index contributed by atoms with van der Waals surface area (Å²) in [7, 11) is 0. The predicted molar refractivity (Wildman–Crippen MR) is 111 cm³/mol. The van der Waals surface area contributed by atoms with Crippen molar-refractivity contribution in [2.45, 2.75) is 38.3 Å². The predicted octanol–water partition coefficient (Wildman–Crippen LogP) is 4.65. The second-order valence-corrected chi connectivity index (χ2v) is 8.32. The summed E-state index contributed by atoms with van der Waals surface area (Å²) >= 11 is 1.83. The molecule has 1 fully saturated rings. The zero-order valence-corrected chi connectivity index (χ0v) is 16.2. The fourth-order valence-corrected chi connectivity index (χ4v) is 4.83. The molecule has 2 aromatic carbocycles. The van der Waals surface area contributed by atoms with Gasteiger partial charge >= 0.3 is 0 Å². The maximum atomic E-state index is 4.73. The Labute approximate surface area is 160 Å². The second kappa shape index (κ2) is 8.30. The normalized spacial score (nSPS) is 19.2. The Morgan fingerprint density at radius 1 is 1.15 bits per heavy atom. The van der Waals surface area contributed by atoms with Crippen LogP contribution in [0.4, 0.5) is 0 Å². The number of thiazole rings is 1. The number of likely N-dealkylation sites (tertiary alicyclic amines) is 1. The number of hydrogen-bond donors (Lipinski definition) is 1. The number of hydrogen-bond acceptors (Lipinski definition) is 4. The van der Waals surface area contributed by atoms with Crippen LogP contribution in [-0.4, -0.2) is 35.6 Å². The molecule has 0 bridgehead atoms. The fourth-order valence-electron chi connectivity index (χ4n) is 3.82. The van der Waals surface area contributed by atoms with E-state index in [0.717, 1.165) is 31.4 Å². The first kappa shape index (κ1) is 17.7. The smallest absolute Gasteiger partial charge is 0.0939 e. The van der Waals surface area contributed by atoms with E-state index in [1.807, 2.05) is 11.3 Å². The maximum Gasteiger partial charge on any atom is 0.0939 e. The van der Waals surface area contributed by atoms with E-state index < -0.39 is 0 Å². The van der Waals surface area contributed by atoms with Crippen molar-refractivity contribution in [3.05, 3.63) is 65.2 Å². The van der Waals surface area contributed by atoms with Crippen LogP contribution in [0.15, 0.2) is 54.6 Å². The molecular formula is C22H27N3S. The summed E-state index contributed by atoms with van der Waals surface area (Å²) in [6, 6.07) is 20.4. The van der Waals surface area contributed by atoms with Crippen molar-refractivity contribution in [3.63, 3.8) is 0 Å². The Morgan fingerprint density at radius 3 is 2.81 bits per heavy atom. The van der Waals surface area contributed by atoms with Crippen molar-refractivity contribution in [2.24, 2.45) is 0 Å². The molecule has 136 valence electrons. The number of para-hydroxylation sites is 1. The van der Waals surface area contributed by atoms with E-state index in [1.165, 1.54) is 28.2 Å². The van der Waals surface area contributed by atoms with Gasteiger partial charge in [-0.2, -0.15) is 0 Å². The van der Waals surface area contributed by atoms with Crippen LogP contribution < -0.4 is 5.32 Å².